The molecule has 2 aromatic carbocycles. The predicted octanol–water partition coefficient (Wildman–Crippen LogP) is 2.54. The first kappa shape index (κ1) is 17.0. The van der Waals surface area contributed by atoms with Crippen LogP contribution < -0.4 is 10.5 Å². The minimum absolute atomic E-state index is 0.136. The number of carbonyl (C=O) groups excluding carboxylic acids is 1. The van der Waals surface area contributed by atoms with Crippen molar-refractivity contribution in [2.24, 2.45) is 0 Å². The molecule has 3 heterocycles. The number of rotatable bonds is 2. The van der Waals surface area contributed by atoms with Crippen molar-refractivity contribution in [1.82, 2.24) is 19.3 Å². The van der Waals surface area contributed by atoms with Crippen LogP contribution in [0.2, 0.25) is 0 Å². The second-order valence-electron chi connectivity index (χ2n) is 6.96. The highest BCUT2D eigenvalue weighted by Crippen LogP contribution is 2.36. The number of carbonyl (C=O) groups is 1. The third-order valence-electron chi connectivity index (χ3n) is 5.31. The summed E-state index contributed by atoms with van der Waals surface area (Å²) in [4.78, 5) is 23.4. The number of amides is 1. The van der Waals surface area contributed by atoms with E-state index in [0.717, 1.165) is 11.1 Å². The Morgan fingerprint density at radius 2 is 2.17 bits per heavy atom. The van der Waals surface area contributed by atoms with Gasteiger partial charge in [0.2, 0.25) is 0 Å². The number of fused-ring (bicyclic) bond motifs is 4. The second kappa shape index (κ2) is 6.21. The van der Waals surface area contributed by atoms with Crippen LogP contribution >= 0.6 is 0 Å². The average Bonchev–Trinajstić information content (AvgIpc) is 3.40. The molecule has 1 amide bonds. The van der Waals surface area contributed by atoms with Crippen LogP contribution in [0.25, 0.3) is 16.6 Å². The van der Waals surface area contributed by atoms with E-state index in [1.165, 1.54) is 0 Å². The molecule has 142 valence electrons. The zero-order chi connectivity index (χ0) is 20.1. The summed E-state index contributed by atoms with van der Waals surface area (Å²) in [5, 5.41) is 9.05. The number of nitrogens with zero attached hydrogens (tertiary/aromatic N) is 5. The summed E-state index contributed by atoms with van der Waals surface area (Å²) in [6.45, 7) is 0.351. The van der Waals surface area contributed by atoms with Gasteiger partial charge in [-0.1, -0.05) is 6.07 Å². The second-order valence-corrected chi connectivity index (χ2v) is 6.96. The van der Waals surface area contributed by atoms with Crippen LogP contribution in [-0.2, 0) is 0 Å². The Hall–Kier alpha value is -4.12. The molecule has 5 rings (SSSR count). The molecule has 8 heteroatoms. The van der Waals surface area contributed by atoms with Gasteiger partial charge in [-0.05, 0) is 30.3 Å². The first-order chi connectivity index (χ1) is 14.1. The number of aromatic nitrogens is 3. The van der Waals surface area contributed by atoms with Gasteiger partial charge in [0.15, 0.2) is 0 Å². The molecule has 1 aliphatic rings. The molecular weight excluding hydrogens is 368 g/mol. The lowest BCUT2D eigenvalue weighted by Gasteiger charge is -2.24. The predicted molar refractivity (Wildman–Crippen MR) is 106 cm³/mol. The Kier molecular flexibility index (Phi) is 3.64. The number of ether oxygens (including phenoxy) is 1. The molecule has 0 fully saturated rings. The number of hydrogen-bond donors (Lipinski definition) is 1. The van der Waals surface area contributed by atoms with Crippen LogP contribution in [0.3, 0.4) is 0 Å². The Labute approximate surface area is 165 Å². The van der Waals surface area contributed by atoms with Gasteiger partial charge in [0, 0.05) is 18.2 Å². The number of imidazole rings is 1. The normalized spacial score (nSPS) is 15.1. The van der Waals surface area contributed by atoms with Gasteiger partial charge in [-0.15, -0.1) is 0 Å². The lowest BCUT2D eigenvalue weighted by molar-refractivity contribution is 0.0708. The number of nitriles is 1. The summed E-state index contributed by atoms with van der Waals surface area (Å²) in [5.74, 6) is 0.900. The molecule has 1 atom stereocenters. The number of nitrogen functional groups attached to an aromatic ring is 1. The fourth-order valence-corrected chi connectivity index (χ4v) is 3.74. The number of benzene rings is 2. The van der Waals surface area contributed by atoms with E-state index in [2.05, 4.69) is 16.0 Å². The molecule has 2 aromatic heterocycles. The maximum atomic E-state index is 13.2. The molecule has 0 saturated carbocycles. The van der Waals surface area contributed by atoms with Crippen molar-refractivity contribution in [3.63, 3.8) is 0 Å². The third kappa shape index (κ3) is 2.56. The quantitative estimate of drug-likeness (QED) is 0.569. The van der Waals surface area contributed by atoms with Crippen LogP contribution in [0.4, 0.5) is 5.82 Å². The highest BCUT2D eigenvalue weighted by atomic mass is 16.5. The molecule has 0 unspecified atom stereocenters. The third-order valence-corrected chi connectivity index (χ3v) is 5.31. The molecule has 0 aliphatic carbocycles. The van der Waals surface area contributed by atoms with Crippen molar-refractivity contribution in [3.05, 3.63) is 65.6 Å². The topological polar surface area (TPSA) is 110 Å². The van der Waals surface area contributed by atoms with E-state index in [9.17, 15) is 4.79 Å². The van der Waals surface area contributed by atoms with Crippen molar-refractivity contribution >= 4 is 28.3 Å². The minimum Gasteiger partial charge on any atom is -0.491 e. The van der Waals surface area contributed by atoms with E-state index in [4.69, 9.17) is 15.7 Å². The zero-order valence-corrected chi connectivity index (χ0v) is 15.5. The van der Waals surface area contributed by atoms with Gasteiger partial charge >= 0.3 is 0 Å². The molecule has 0 bridgehead atoms. The van der Waals surface area contributed by atoms with Crippen molar-refractivity contribution in [1.29, 1.82) is 5.26 Å². The zero-order valence-electron chi connectivity index (χ0n) is 15.5. The van der Waals surface area contributed by atoms with Crippen LogP contribution in [-0.4, -0.2) is 38.8 Å². The summed E-state index contributed by atoms with van der Waals surface area (Å²) >= 11 is 0. The molecule has 0 radical (unpaired) electrons. The molecule has 1 aliphatic heterocycles. The van der Waals surface area contributed by atoms with Gasteiger partial charge < -0.3 is 15.4 Å². The molecule has 29 heavy (non-hydrogen) atoms. The van der Waals surface area contributed by atoms with E-state index < -0.39 is 0 Å². The first-order valence-electron chi connectivity index (χ1n) is 9.02. The molecular formula is C21H16N6O2. The SMILES string of the molecule is CN(C(=O)c1ccc2nc(N)c3cncn3c2c1)[C@@H]1COc2cc(C#N)ccc21. The van der Waals surface area contributed by atoms with Gasteiger partial charge in [0.1, 0.15) is 23.7 Å². The maximum Gasteiger partial charge on any atom is 0.254 e. The van der Waals surface area contributed by atoms with E-state index in [0.29, 0.717) is 40.3 Å². The number of anilines is 1. The van der Waals surface area contributed by atoms with E-state index in [1.54, 1.807) is 54.8 Å². The number of hydrogen-bond acceptors (Lipinski definition) is 6. The molecule has 0 saturated heterocycles. The van der Waals surface area contributed by atoms with Crippen molar-refractivity contribution in [2.45, 2.75) is 6.04 Å². The van der Waals surface area contributed by atoms with Gasteiger partial charge in [0.25, 0.3) is 5.91 Å². The van der Waals surface area contributed by atoms with E-state index in [-0.39, 0.29) is 11.9 Å². The summed E-state index contributed by atoms with van der Waals surface area (Å²) in [5.41, 5.74) is 10.1. The summed E-state index contributed by atoms with van der Waals surface area (Å²) in [6, 6.07) is 12.5. The lowest BCUT2D eigenvalue weighted by Crippen LogP contribution is -2.32. The number of nitrogens with two attached hydrogens (primary N) is 1. The summed E-state index contributed by atoms with van der Waals surface area (Å²) in [7, 11) is 1.75. The molecule has 0 spiro atoms. The molecule has 4 aromatic rings. The van der Waals surface area contributed by atoms with Crippen LogP contribution in [0.1, 0.15) is 27.5 Å². The van der Waals surface area contributed by atoms with Gasteiger partial charge in [0.05, 0.1) is 41.2 Å². The summed E-state index contributed by atoms with van der Waals surface area (Å²) in [6.07, 6.45) is 3.30. The Morgan fingerprint density at radius 1 is 1.31 bits per heavy atom. The van der Waals surface area contributed by atoms with Gasteiger partial charge in [-0.3, -0.25) is 9.20 Å². The fourth-order valence-electron chi connectivity index (χ4n) is 3.74. The van der Waals surface area contributed by atoms with Crippen molar-refractivity contribution in [2.75, 3.05) is 19.4 Å². The first-order valence-corrected chi connectivity index (χ1v) is 9.02. The molecule has 2 N–H and O–H groups in total. The minimum atomic E-state index is -0.223. The smallest absolute Gasteiger partial charge is 0.254 e. The Bertz CT molecular complexity index is 1340. The lowest BCUT2D eigenvalue weighted by atomic mass is 10.0. The van der Waals surface area contributed by atoms with E-state index in [1.807, 2.05) is 10.5 Å². The Morgan fingerprint density at radius 3 is 3.00 bits per heavy atom. The summed E-state index contributed by atoms with van der Waals surface area (Å²) < 4.78 is 7.54. The highest BCUT2D eigenvalue weighted by molar-refractivity contribution is 5.98. The van der Waals surface area contributed by atoms with Gasteiger partial charge in [-0.25, -0.2) is 9.97 Å². The van der Waals surface area contributed by atoms with Crippen LogP contribution in [0.15, 0.2) is 48.9 Å². The van der Waals surface area contributed by atoms with Crippen LogP contribution in [0.5, 0.6) is 5.75 Å². The Balaban J connectivity index is 1.52. The van der Waals surface area contributed by atoms with E-state index >= 15 is 0 Å². The fraction of sp³-hybridized carbons (Fsp3) is 0.143. The number of likely N-dealkylation sites (N-methyl/N-ethyl adjacent to an activating group) is 1. The van der Waals surface area contributed by atoms with Crippen LogP contribution in [0, 0.1) is 11.3 Å². The highest BCUT2D eigenvalue weighted by Gasteiger charge is 2.31. The standard InChI is InChI=1S/C21H16N6O2/c1-26(18-10-29-19-6-12(8-22)2-4-14(18)19)21(28)13-3-5-15-16(7-13)27-11-24-9-17(27)20(23)25-15/h2-7,9,11,18H,10H2,1H3,(H2,23,25)/t18-/m1/s1. The maximum absolute atomic E-state index is 13.2. The monoisotopic (exact) mass is 384 g/mol. The largest absolute Gasteiger partial charge is 0.491 e. The van der Waals surface area contributed by atoms with Crippen molar-refractivity contribution in [3.8, 4) is 11.8 Å². The van der Waals surface area contributed by atoms with Crippen molar-refractivity contribution < 1.29 is 9.53 Å². The van der Waals surface area contributed by atoms with Gasteiger partial charge in [-0.2, -0.15) is 5.26 Å². The molecule has 8 nitrogen and oxygen atoms in total. The average molecular weight is 384 g/mol.